The number of amides is 3. The van der Waals surface area contributed by atoms with E-state index in [2.05, 4.69) is 9.69 Å². The van der Waals surface area contributed by atoms with Gasteiger partial charge in [0.05, 0.1) is 5.69 Å². The number of nitrogens with zero attached hydrogens (tertiary/aromatic N) is 2. The Labute approximate surface area is 223 Å². The number of nitrogen functional groups attached to an aromatic ring is 1. The molecule has 0 aliphatic heterocycles. The third kappa shape index (κ3) is 5.65. The van der Waals surface area contributed by atoms with Crippen LogP contribution < -0.4 is 21.7 Å². The maximum absolute atomic E-state index is 14.1. The maximum Gasteiger partial charge on any atom is 0.273 e. The average molecular weight is 530 g/mol. The molecule has 6 N–H and O–H groups in total. The summed E-state index contributed by atoms with van der Waals surface area (Å²) in [5.41, 5.74) is 14.7. The lowest BCUT2D eigenvalue weighted by Gasteiger charge is -2.32. The summed E-state index contributed by atoms with van der Waals surface area (Å²) in [4.78, 5) is 41.1. The van der Waals surface area contributed by atoms with Crippen LogP contribution in [0.3, 0.4) is 0 Å². The quantitative estimate of drug-likeness (QED) is 0.272. The normalized spacial score (nSPS) is 11.5. The van der Waals surface area contributed by atoms with E-state index in [0.29, 0.717) is 11.3 Å². The zero-order valence-corrected chi connectivity index (χ0v) is 21.7. The van der Waals surface area contributed by atoms with Gasteiger partial charge in [0.15, 0.2) is 5.69 Å². The number of rotatable bonds is 8. The third-order valence-electron chi connectivity index (χ3n) is 5.88. The zero-order chi connectivity index (χ0) is 27.4. The number of phenols is 1. The van der Waals surface area contributed by atoms with Gasteiger partial charge in [0.25, 0.3) is 11.8 Å². The monoisotopic (exact) mass is 529 g/mol. The number of carbonyl (C=O) groups excluding carboxylic acids is 3. The zero-order valence-electron chi connectivity index (χ0n) is 20.8. The number of nitrogens with one attached hydrogen (secondary N) is 1. The largest absolute Gasteiger partial charge is 0.508 e. The fourth-order valence-electron chi connectivity index (χ4n) is 4.17. The van der Waals surface area contributed by atoms with E-state index in [0.717, 1.165) is 28.2 Å². The summed E-state index contributed by atoms with van der Waals surface area (Å²) in [6.45, 7) is 4.00. The number of aromatic nitrogens is 1. The van der Waals surface area contributed by atoms with Gasteiger partial charge in [-0.3, -0.25) is 19.3 Å². The lowest BCUT2D eigenvalue weighted by Crippen LogP contribution is -2.44. The van der Waals surface area contributed by atoms with Crippen molar-refractivity contribution in [3.63, 3.8) is 0 Å². The highest BCUT2D eigenvalue weighted by Crippen LogP contribution is 2.34. The molecule has 194 valence electrons. The lowest BCUT2D eigenvalue weighted by molar-refractivity contribution is -0.122. The second-order valence-corrected chi connectivity index (χ2v) is 9.63. The molecular formula is C28H27N5O4S. The van der Waals surface area contributed by atoms with Crippen LogP contribution in [0.2, 0.25) is 0 Å². The first-order valence-corrected chi connectivity index (χ1v) is 12.5. The number of primary amides is 1. The highest BCUT2D eigenvalue weighted by molar-refractivity contribution is 7.09. The summed E-state index contributed by atoms with van der Waals surface area (Å²) in [5.74, 6) is -1.92. The van der Waals surface area contributed by atoms with E-state index in [4.69, 9.17) is 11.5 Å². The van der Waals surface area contributed by atoms with Gasteiger partial charge in [-0.15, -0.1) is 0 Å². The van der Waals surface area contributed by atoms with Crippen molar-refractivity contribution in [1.29, 1.82) is 0 Å². The predicted molar refractivity (Wildman–Crippen MR) is 147 cm³/mol. The van der Waals surface area contributed by atoms with Gasteiger partial charge >= 0.3 is 0 Å². The molecule has 4 aromatic rings. The number of carbonyl (C=O) groups is 3. The van der Waals surface area contributed by atoms with Crippen LogP contribution in [0.1, 0.15) is 48.5 Å². The van der Waals surface area contributed by atoms with Crippen LogP contribution >= 0.6 is 11.5 Å². The number of aryl methyl sites for hydroxylation is 2. The molecule has 0 bridgehead atoms. The number of nitrogens with two attached hydrogens (primary N) is 2. The molecule has 0 saturated heterocycles. The van der Waals surface area contributed by atoms with E-state index in [-0.39, 0.29) is 28.6 Å². The Hall–Kier alpha value is -4.70. The first kappa shape index (κ1) is 26.4. The smallest absolute Gasteiger partial charge is 0.273 e. The molecule has 4 rings (SSSR count). The van der Waals surface area contributed by atoms with E-state index in [1.54, 1.807) is 24.3 Å². The molecule has 9 nitrogen and oxygen atoms in total. The van der Waals surface area contributed by atoms with E-state index < -0.39 is 23.8 Å². The average Bonchev–Trinajstić information content (AvgIpc) is 3.27. The number of benzene rings is 3. The van der Waals surface area contributed by atoms with Crippen LogP contribution in [0, 0.1) is 13.8 Å². The Kier molecular flexibility index (Phi) is 7.73. The minimum Gasteiger partial charge on any atom is -0.508 e. The van der Waals surface area contributed by atoms with Crippen molar-refractivity contribution in [2.75, 3.05) is 10.6 Å². The van der Waals surface area contributed by atoms with Crippen molar-refractivity contribution < 1.29 is 19.5 Å². The molecule has 0 fully saturated rings. The molecule has 10 heteroatoms. The number of anilines is 2. The Morgan fingerprint density at radius 2 is 1.63 bits per heavy atom. The van der Waals surface area contributed by atoms with Crippen molar-refractivity contribution in [3.05, 3.63) is 106 Å². The minimum absolute atomic E-state index is 0.0132. The standard InChI is InChI=1S/C28H27N5O4S/c1-16-12-17(2)14-20(13-16)33(28(37)25-22(29)23(26(30)35)32-38-25)24(19-8-10-21(34)11-9-19)27(36)31-15-18-6-4-3-5-7-18/h3-14,24,34H,15,29H2,1-2H3,(H2,30,35)(H,31,36)/t24-/m0/s1. The van der Waals surface area contributed by atoms with Gasteiger partial charge in [-0.1, -0.05) is 48.5 Å². The van der Waals surface area contributed by atoms with Gasteiger partial charge in [-0.25, -0.2) is 0 Å². The van der Waals surface area contributed by atoms with Crippen LogP contribution in [0.15, 0.2) is 72.8 Å². The van der Waals surface area contributed by atoms with Crippen molar-refractivity contribution in [3.8, 4) is 5.75 Å². The first-order chi connectivity index (χ1) is 18.2. The Morgan fingerprint density at radius 1 is 1.00 bits per heavy atom. The molecule has 3 aromatic carbocycles. The van der Waals surface area contributed by atoms with Crippen molar-refractivity contribution in [1.82, 2.24) is 9.69 Å². The molecule has 0 unspecified atom stereocenters. The van der Waals surface area contributed by atoms with Crippen LogP contribution in [0.4, 0.5) is 11.4 Å². The summed E-state index contributed by atoms with van der Waals surface area (Å²) in [7, 11) is 0. The van der Waals surface area contributed by atoms with Crippen LogP contribution in [-0.2, 0) is 11.3 Å². The number of hydrogen-bond acceptors (Lipinski definition) is 7. The third-order valence-corrected chi connectivity index (χ3v) is 6.73. The summed E-state index contributed by atoms with van der Waals surface area (Å²) in [6.07, 6.45) is 0. The van der Waals surface area contributed by atoms with Crippen molar-refractivity contribution in [2.45, 2.75) is 26.4 Å². The van der Waals surface area contributed by atoms with Crippen LogP contribution in [-0.4, -0.2) is 27.2 Å². The highest BCUT2D eigenvalue weighted by Gasteiger charge is 2.36. The number of hydrogen-bond donors (Lipinski definition) is 4. The van der Waals surface area contributed by atoms with Gasteiger partial charge in [-0.2, -0.15) is 4.37 Å². The number of phenolic OH excluding ortho intramolecular Hbond substituents is 1. The molecule has 1 heterocycles. The van der Waals surface area contributed by atoms with Crippen molar-refractivity contribution in [2.24, 2.45) is 5.73 Å². The summed E-state index contributed by atoms with van der Waals surface area (Å²) in [6, 6.07) is 19.8. The van der Waals surface area contributed by atoms with Gasteiger partial charge < -0.3 is 21.9 Å². The molecular weight excluding hydrogens is 502 g/mol. The van der Waals surface area contributed by atoms with E-state index >= 15 is 0 Å². The Balaban J connectivity index is 1.86. The molecule has 0 aliphatic rings. The van der Waals surface area contributed by atoms with Gasteiger partial charge in [0.2, 0.25) is 5.91 Å². The fraction of sp³-hybridized carbons (Fsp3) is 0.143. The molecule has 1 atom stereocenters. The maximum atomic E-state index is 14.1. The SMILES string of the molecule is Cc1cc(C)cc(N(C(=O)c2snc(C(N)=O)c2N)[C@H](C(=O)NCc2ccccc2)c2ccc(O)cc2)c1. The second-order valence-electron chi connectivity index (χ2n) is 8.86. The van der Waals surface area contributed by atoms with E-state index in [1.165, 1.54) is 17.0 Å². The van der Waals surface area contributed by atoms with Gasteiger partial charge in [-0.05, 0) is 71.9 Å². The molecule has 0 radical (unpaired) electrons. The number of aromatic hydroxyl groups is 1. The summed E-state index contributed by atoms with van der Waals surface area (Å²) >= 11 is 0.742. The van der Waals surface area contributed by atoms with Crippen LogP contribution in [0.25, 0.3) is 0 Å². The van der Waals surface area contributed by atoms with Gasteiger partial charge in [0.1, 0.15) is 16.7 Å². The predicted octanol–water partition coefficient (Wildman–Crippen LogP) is 3.85. The Bertz CT molecular complexity index is 1460. The lowest BCUT2D eigenvalue weighted by atomic mass is 10.0. The first-order valence-electron chi connectivity index (χ1n) is 11.7. The second kappa shape index (κ2) is 11.1. The Morgan fingerprint density at radius 3 is 2.21 bits per heavy atom. The van der Waals surface area contributed by atoms with Crippen molar-refractivity contribution >= 4 is 40.6 Å². The molecule has 38 heavy (non-hydrogen) atoms. The molecule has 0 spiro atoms. The van der Waals surface area contributed by atoms with E-state index in [9.17, 15) is 19.5 Å². The topological polar surface area (TPSA) is 152 Å². The van der Waals surface area contributed by atoms with Crippen LogP contribution in [0.5, 0.6) is 5.75 Å². The highest BCUT2D eigenvalue weighted by atomic mass is 32.1. The molecule has 0 aliphatic carbocycles. The molecule has 3 amide bonds. The van der Waals surface area contributed by atoms with E-state index in [1.807, 2.05) is 50.2 Å². The molecule has 1 aromatic heterocycles. The van der Waals surface area contributed by atoms with Gasteiger partial charge in [0, 0.05) is 12.2 Å². The minimum atomic E-state index is -1.15. The summed E-state index contributed by atoms with van der Waals surface area (Å²) < 4.78 is 3.97. The summed E-state index contributed by atoms with van der Waals surface area (Å²) in [5, 5.41) is 12.8. The fourth-order valence-corrected chi connectivity index (χ4v) is 4.91. The molecule has 0 saturated carbocycles.